The quantitative estimate of drug-likeness (QED) is 0.809. The van der Waals surface area contributed by atoms with E-state index in [1.165, 1.54) is 5.56 Å². The first kappa shape index (κ1) is 18.6. The van der Waals surface area contributed by atoms with E-state index in [-0.39, 0.29) is 5.91 Å². The fourth-order valence-corrected chi connectivity index (χ4v) is 2.92. The molecule has 1 amide bonds. The Bertz CT molecular complexity index is 701. The van der Waals surface area contributed by atoms with Crippen LogP contribution in [0.25, 0.3) is 0 Å². The summed E-state index contributed by atoms with van der Waals surface area (Å²) in [6, 6.07) is 10.3. The van der Waals surface area contributed by atoms with Gasteiger partial charge in [-0.15, -0.1) is 0 Å². The second kappa shape index (κ2) is 8.93. The van der Waals surface area contributed by atoms with Crippen LogP contribution in [0.3, 0.4) is 0 Å². The fraction of sp³-hybridized carbons (Fsp3) is 0.474. The number of nitrogens with zero attached hydrogens (tertiary/aromatic N) is 4. The minimum Gasteiger partial charge on any atom is -0.366 e. The maximum atomic E-state index is 12.5. The van der Waals surface area contributed by atoms with Gasteiger partial charge in [-0.2, -0.15) is 5.10 Å². The van der Waals surface area contributed by atoms with E-state index < -0.39 is 6.10 Å². The van der Waals surface area contributed by atoms with Gasteiger partial charge in [0.1, 0.15) is 6.10 Å². The van der Waals surface area contributed by atoms with Crippen LogP contribution in [-0.4, -0.2) is 71.9 Å². The lowest BCUT2D eigenvalue weighted by molar-refractivity contribution is -0.133. The molecule has 2 aromatic rings. The second-order valence-electron chi connectivity index (χ2n) is 6.86. The average Bonchev–Trinajstić information content (AvgIpc) is 3.08. The molecule has 1 aromatic carbocycles. The number of carbonyl (C=O) groups excluding carboxylic acids is 1. The highest BCUT2D eigenvalue weighted by atomic mass is 16.5. The van der Waals surface area contributed by atoms with Crippen molar-refractivity contribution in [2.75, 3.05) is 45.7 Å². The summed E-state index contributed by atoms with van der Waals surface area (Å²) in [4.78, 5) is 16.9. The van der Waals surface area contributed by atoms with Crippen LogP contribution in [0.4, 0.5) is 5.69 Å². The Hall–Kier alpha value is -2.22. The number of carbonyl (C=O) groups is 1. The Labute approximate surface area is 154 Å². The number of hydrogen-bond donors (Lipinski definition) is 1. The number of rotatable bonds is 7. The standard InChI is InChI=1S/C19H27N5O2/c1-22(2)8-9-24-14-17(12-20-24)21-19(25)18-15-23(10-11-26-18)13-16-6-4-3-5-7-16/h3-7,12,14,18H,8-11,13,15H2,1-2H3,(H,21,25). The molecule has 0 radical (unpaired) electrons. The van der Waals surface area contributed by atoms with Crippen molar-refractivity contribution in [1.82, 2.24) is 19.6 Å². The van der Waals surface area contributed by atoms with Crippen molar-refractivity contribution in [2.45, 2.75) is 19.2 Å². The van der Waals surface area contributed by atoms with Gasteiger partial charge in [-0.05, 0) is 19.7 Å². The van der Waals surface area contributed by atoms with Crippen molar-refractivity contribution < 1.29 is 9.53 Å². The van der Waals surface area contributed by atoms with Crippen LogP contribution in [0.1, 0.15) is 5.56 Å². The van der Waals surface area contributed by atoms with Crippen molar-refractivity contribution >= 4 is 11.6 Å². The minimum absolute atomic E-state index is 0.116. The maximum Gasteiger partial charge on any atom is 0.254 e. The molecule has 1 fully saturated rings. The zero-order chi connectivity index (χ0) is 18.4. The Morgan fingerprint density at radius 3 is 2.92 bits per heavy atom. The van der Waals surface area contributed by atoms with Gasteiger partial charge in [-0.25, -0.2) is 0 Å². The van der Waals surface area contributed by atoms with Gasteiger partial charge in [0.25, 0.3) is 5.91 Å². The van der Waals surface area contributed by atoms with Crippen molar-refractivity contribution in [3.8, 4) is 0 Å². The fourth-order valence-electron chi connectivity index (χ4n) is 2.92. The highest BCUT2D eigenvalue weighted by Crippen LogP contribution is 2.13. The van der Waals surface area contributed by atoms with Crippen LogP contribution < -0.4 is 5.32 Å². The number of anilines is 1. The summed E-state index contributed by atoms with van der Waals surface area (Å²) in [5.74, 6) is -0.116. The van der Waals surface area contributed by atoms with E-state index in [0.29, 0.717) is 18.8 Å². The normalized spacial score (nSPS) is 18.2. The van der Waals surface area contributed by atoms with Crippen LogP contribution in [0.5, 0.6) is 0 Å². The molecule has 1 atom stereocenters. The predicted molar refractivity (Wildman–Crippen MR) is 101 cm³/mol. The summed E-state index contributed by atoms with van der Waals surface area (Å²) in [6.07, 6.45) is 3.07. The lowest BCUT2D eigenvalue weighted by Gasteiger charge is -2.32. The Kier molecular flexibility index (Phi) is 6.38. The van der Waals surface area contributed by atoms with Crippen molar-refractivity contribution in [3.05, 3.63) is 48.3 Å². The Morgan fingerprint density at radius 2 is 2.15 bits per heavy atom. The zero-order valence-electron chi connectivity index (χ0n) is 15.5. The predicted octanol–water partition coefficient (Wildman–Crippen LogP) is 1.28. The maximum absolute atomic E-state index is 12.5. The monoisotopic (exact) mass is 357 g/mol. The van der Waals surface area contributed by atoms with Crippen molar-refractivity contribution in [2.24, 2.45) is 0 Å². The molecule has 0 aliphatic carbocycles. The Balaban J connectivity index is 1.51. The van der Waals surface area contributed by atoms with Gasteiger partial charge in [0.05, 0.1) is 25.0 Å². The SMILES string of the molecule is CN(C)CCn1cc(NC(=O)C2CN(Cc3ccccc3)CCO2)cn1. The summed E-state index contributed by atoms with van der Waals surface area (Å²) in [5.41, 5.74) is 1.95. The van der Waals surface area contributed by atoms with Gasteiger partial charge < -0.3 is 15.0 Å². The molecule has 1 saturated heterocycles. The van der Waals surface area contributed by atoms with E-state index in [2.05, 4.69) is 32.3 Å². The van der Waals surface area contributed by atoms with Crippen LogP contribution in [0.15, 0.2) is 42.7 Å². The summed E-state index contributed by atoms with van der Waals surface area (Å²) in [7, 11) is 4.04. The molecule has 3 rings (SSSR count). The number of amides is 1. The molecule has 0 saturated carbocycles. The van der Waals surface area contributed by atoms with Crippen LogP contribution in [-0.2, 0) is 22.6 Å². The van der Waals surface area contributed by atoms with Gasteiger partial charge in [0.15, 0.2) is 0 Å². The topological polar surface area (TPSA) is 62.6 Å². The summed E-state index contributed by atoms with van der Waals surface area (Å²) >= 11 is 0. The van der Waals surface area contributed by atoms with Gasteiger partial charge in [0.2, 0.25) is 0 Å². The number of ether oxygens (including phenoxy) is 1. The number of morpholine rings is 1. The second-order valence-corrected chi connectivity index (χ2v) is 6.86. The molecule has 1 N–H and O–H groups in total. The molecule has 1 aliphatic rings. The molecule has 0 spiro atoms. The molecule has 0 bridgehead atoms. The largest absolute Gasteiger partial charge is 0.366 e. The molecule has 1 unspecified atom stereocenters. The molecule has 7 heteroatoms. The van der Waals surface area contributed by atoms with E-state index in [1.54, 1.807) is 6.20 Å². The highest BCUT2D eigenvalue weighted by molar-refractivity contribution is 5.94. The van der Waals surface area contributed by atoms with Gasteiger partial charge in [0, 0.05) is 32.4 Å². The minimum atomic E-state index is -0.461. The molecular formula is C19H27N5O2. The number of benzene rings is 1. The van der Waals surface area contributed by atoms with E-state index in [1.807, 2.05) is 43.2 Å². The lowest BCUT2D eigenvalue weighted by Crippen LogP contribution is -2.47. The van der Waals surface area contributed by atoms with Crippen molar-refractivity contribution in [3.63, 3.8) is 0 Å². The molecule has 7 nitrogen and oxygen atoms in total. The first-order valence-electron chi connectivity index (χ1n) is 8.96. The van der Waals surface area contributed by atoms with Crippen molar-refractivity contribution in [1.29, 1.82) is 0 Å². The van der Waals surface area contributed by atoms with Crippen LogP contribution in [0.2, 0.25) is 0 Å². The smallest absolute Gasteiger partial charge is 0.254 e. The van der Waals surface area contributed by atoms with Gasteiger partial charge >= 0.3 is 0 Å². The lowest BCUT2D eigenvalue weighted by atomic mass is 10.2. The molecule has 26 heavy (non-hydrogen) atoms. The van der Waals surface area contributed by atoms with Crippen LogP contribution in [0, 0.1) is 0 Å². The van der Waals surface area contributed by atoms with E-state index in [9.17, 15) is 4.79 Å². The average molecular weight is 357 g/mol. The third-order valence-electron chi connectivity index (χ3n) is 4.37. The summed E-state index contributed by atoms with van der Waals surface area (Å²) in [6.45, 7) is 4.50. The van der Waals surface area contributed by atoms with Gasteiger partial charge in [-0.1, -0.05) is 30.3 Å². The third-order valence-corrected chi connectivity index (χ3v) is 4.37. The molecule has 1 aliphatic heterocycles. The number of likely N-dealkylation sites (N-methyl/N-ethyl adjacent to an activating group) is 1. The molecule has 2 heterocycles. The number of hydrogen-bond acceptors (Lipinski definition) is 5. The zero-order valence-corrected chi connectivity index (χ0v) is 15.5. The van der Waals surface area contributed by atoms with Gasteiger partial charge in [-0.3, -0.25) is 14.4 Å². The first-order chi connectivity index (χ1) is 12.6. The van der Waals surface area contributed by atoms with E-state index >= 15 is 0 Å². The van der Waals surface area contributed by atoms with E-state index in [4.69, 9.17) is 4.74 Å². The highest BCUT2D eigenvalue weighted by Gasteiger charge is 2.27. The molecule has 140 valence electrons. The van der Waals surface area contributed by atoms with Crippen LogP contribution >= 0.6 is 0 Å². The van der Waals surface area contributed by atoms with E-state index in [0.717, 1.165) is 26.2 Å². The summed E-state index contributed by atoms with van der Waals surface area (Å²) < 4.78 is 7.51. The molecule has 1 aromatic heterocycles. The Morgan fingerprint density at radius 1 is 1.35 bits per heavy atom. The first-order valence-corrected chi connectivity index (χ1v) is 8.96. The summed E-state index contributed by atoms with van der Waals surface area (Å²) in [5, 5.41) is 7.20. The molecular weight excluding hydrogens is 330 g/mol. The number of aromatic nitrogens is 2. The third kappa shape index (κ3) is 5.39. The number of nitrogens with one attached hydrogen (secondary N) is 1.